The van der Waals surface area contributed by atoms with E-state index >= 15 is 0 Å². The van der Waals surface area contributed by atoms with E-state index < -0.39 is 11.9 Å². The van der Waals surface area contributed by atoms with Crippen LogP contribution in [0.4, 0.5) is 0 Å². The largest absolute Gasteiger partial charge is 0.490 e. The monoisotopic (exact) mass is 444 g/mol. The Balaban J connectivity index is 2.13. The van der Waals surface area contributed by atoms with Gasteiger partial charge in [-0.1, -0.05) is 26.0 Å². The molecular weight excluding hydrogens is 412 g/mol. The molecule has 0 radical (unpaired) electrons. The van der Waals surface area contributed by atoms with Crippen LogP contribution in [0.5, 0.6) is 11.5 Å². The first-order valence-corrected chi connectivity index (χ1v) is 10.6. The van der Waals surface area contributed by atoms with Gasteiger partial charge in [-0.15, -0.1) is 0 Å². The number of aliphatic hydroxyl groups excluding tert-OH is 1. The maximum atomic E-state index is 12.9. The van der Waals surface area contributed by atoms with Gasteiger partial charge in [0.2, 0.25) is 0 Å². The Kier molecular flexibility index (Phi) is 9.75. The molecule has 1 aliphatic heterocycles. The molecule has 174 valence electrons. The summed E-state index contributed by atoms with van der Waals surface area (Å²) in [4.78, 5) is 31.0. The first-order chi connectivity index (χ1) is 15.3. The summed E-state index contributed by atoms with van der Waals surface area (Å²) >= 11 is 0. The number of nitrogens with zero attached hydrogens (tertiary/aromatic N) is 2. The number of nitrogens with two attached hydrogens (primary N) is 1. The number of aliphatic imine (C=N–C) groups is 1. The molecule has 4 N–H and O–H groups in total. The van der Waals surface area contributed by atoms with Crippen LogP contribution in [-0.4, -0.2) is 60.0 Å². The number of amidine groups is 1. The van der Waals surface area contributed by atoms with Gasteiger partial charge in [0.05, 0.1) is 19.8 Å². The molecule has 9 nitrogen and oxygen atoms in total. The molecule has 32 heavy (non-hydrogen) atoms. The maximum absolute atomic E-state index is 12.9. The third-order valence-corrected chi connectivity index (χ3v) is 4.51. The van der Waals surface area contributed by atoms with Crippen LogP contribution >= 0.6 is 0 Å². The van der Waals surface area contributed by atoms with E-state index in [9.17, 15) is 9.59 Å². The third-order valence-electron chi connectivity index (χ3n) is 4.51. The highest BCUT2D eigenvalue weighted by atomic mass is 16.5. The standard InChI is InChI=1S/C23H32N4O5/c1-4-31-19-7-5-6-8-20(19)32-17-14-22(29)27(15-17)18(13-16(2)3)23(30)26-21(24)9-10-25-11-12-28/h5-10,14,16,18,25,28H,4,11-13,15H2,1-3H3,(H2,24,26,30)/b10-9-/t18-/m0/s1. The summed E-state index contributed by atoms with van der Waals surface area (Å²) in [5, 5.41) is 11.6. The molecule has 0 spiro atoms. The lowest BCUT2D eigenvalue weighted by molar-refractivity contribution is -0.134. The number of aliphatic hydroxyl groups is 1. The van der Waals surface area contributed by atoms with Crippen molar-refractivity contribution in [2.45, 2.75) is 33.2 Å². The highest BCUT2D eigenvalue weighted by Gasteiger charge is 2.34. The molecule has 2 rings (SSSR count). The van der Waals surface area contributed by atoms with E-state index in [2.05, 4.69) is 10.3 Å². The van der Waals surface area contributed by atoms with E-state index in [1.54, 1.807) is 12.1 Å². The van der Waals surface area contributed by atoms with Crippen LogP contribution in [0.3, 0.4) is 0 Å². The van der Waals surface area contributed by atoms with Crippen LogP contribution in [0.15, 0.2) is 53.4 Å². The fourth-order valence-corrected chi connectivity index (χ4v) is 3.13. The molecule has 0 bridgehead atoms. The Bertz CT molecular complexity index is 879. The van der Waals surface area contributed by atoms with Crippen LogP contribution in [0.1, 0.15) is 27.2 Å². The van der Waals surface area contributed by atoms with E-state index in [4.69, 9.17) is 20.3 Å². The van der Waals surface area contributed by atoms with Crippen LogP contribution in [0.2, 0.25) is 0 Å². The van der Waals surface area contributed by atoms with E-state index in [0.717, 1.165) is 0 Å². The summed E-state index contributed by atoms with van der Waals surface area (Å²) in [5.41, 5.74) is 5.82. The summed E-state index contributed by atoms with van der Waals surface area (Å²) in [5.74, 6) is 0.853. The summed E-state index contributed by atoms with van der Waals surface area (Å²) in [6.07, 6.45) is 4.76. The molecule has 9 heteroatoms. The highest BCUT2D eigenvalue weighted by molar-refractivity contribution is 6.03. The number of hydrogen-bond acceptors (Lipinski definition) is 6. The van der Waals surface area contributed by atoms with Crippen LogP contribution in [0.25, 0.3) is 0 Å². The Hall–Kier alpha value is -3.33. The van der Waals surface area contributed by atoms with Crippen molar-refractivity contribution in [2.75, 3.05) is 26.3 Å². The van der Waals surface area contributed by atoms with Crippen molar-refractivity contribution < 1.29 is 24.2 Å². The van der Waals surface area contributed by atoms with Gasteiger partial charge in [0.1, 0.15) is 17.6 Å². The van der Waals surface area contributed by atoms with E-state index in [0.29, 0.717) is 36.8 Å². The molecule has 1 heterocycles. The molecule has 1 atom stereocenters. The highest BCUT2D eigenvalue weighted by Crippen LogP contribution is 2.30. The Labute approximate surface area is 188 Å². The van der Waals surface area contributed by atoms with E-state index in [1.807, 2.05) is 32.9 Å². The predicted octanol–water partition coefficient (Wildman–Crippen LogP) is 1.58. The third kappa shape index (κ3) is 7.42. The van der Waals surface area contributed by atoms with Crippen LogP contribution in [0, 0.1) is 5.92 Å². The number of nitrogens with one attached hydrogen (secondary N) is 1. The number of carbonyl (C=O) groups excluding carboxylic acids is 2. The molecule has 1 aliphatic rings. The number of ether oxygens (including phenoxy) is 2. The van der Waals surface area contributed by atoms with Gasteiger partial charge >= 0.3 is 0 Å². The zero-order valence-electron chi connectivity index (χ0n) is 18.8. The Morgan fingerprint density at radius 1 is 1.34 bits per heavy atom. The second kappa shape index (κ2) is 12.5. The molecule has 0 aromatic heterocycles. The Morgan fingerprint density at radius 2 is 2.06 bits per heavy atom. The normalized spacial score (nSPS) is 15.3. The number of hydrogen-bond donors (Lipinski definition) is 3. The van der Waals surface area contributed by atoms with Crippen molar-refractivity contribution in [3.63, 3.8) is 0 Å². The minimum atomic E-state index is -0.765. The lowest BCUT2D eigenvalue weighted by Crippen LogP contribution is -2.43. The molecule has 0 unspecified atom stereocenters. The first kappa shape index (κ1) is 24.9. The first-order valence-electron chi connectivity index (χ1n) is 10.6. The summed E-state index contributed by atoms with van der Waals surface area (Å²) in [7, 11) is 0. The van der Waals surface area contributed by atoms with E-state index in [1.165, 1.54) is 23.3 Å². The van der Waals surface area contributed by atoms with Gasteiger partial charge in [0.15, 0.2) is 11.5 Å². The summed E-state index contributed by atoms with van der Waals surface area (Å²) in [6, 6.07) is 6.45. The molecule has 2 amide bonds. The van der Waals surface area contributed by atoms with Gasteiger partial charge in [0.25, 0.3) is 11.8 Å². The molecule has 0 saturated heterocycles. The van der Waals surface area contributed by atoms with Gasteiger partial charge in [-0.05, 0) is 37.5 Å². The lowest BCUT2D eigenvalue weighted by Gasteiger charge is -2.26. The van der Waals surface area contributed by atoms with E-state index in [-0.39, 0.29) is 30.8 Å². The topological polar surface area (TPSA) is 126 Å². The zero-order chi connectivity index (χ0) is 23.5. The van der Waals surface area contributed by atoms with Crippen molar-refractivity contribution in [3.05, 3.63) is 48.4 Å². The van der Waals surface area contributed by atoms with Crippen molar-refractivity contribution >= 4 is 17.6 Å². The number of rotatable bonds is 12. The van der Waals surface area contributed by atoms with Crippen molar-refractivity contribution in [3.8, 4) is 11.5 Å². The predicted molar refractivity (Wildman–Crippen MR) is 122 cm³/mol. The Morgan fingerprint density at radius 3 is 2.72 bits per heavy atom. The lowest BCUT2D eigenvalue weighted by atomic mass is 10.0. The number of benzene rings is 1. The molecule has 0 aliphatic carbocycles. The minimum absolute atomic E-state index is 0.0101. The second-order valence-electron chi connectivity index (χ2n) is 7.59. The molecule has 1 aromatic carbocycles. The number of para-hydroxylation sites is 2. The fourth-order valence-electron chi connectivity index (χ4n) is 3.13. The summed E-state index contributed by atoms with van der Waals surface area (Å²) in [6.45, 7) is 6.77. The zero-order valence-corrected chi connectivity index (χ0v) is 18.8. The van der Waals surface area contributed by atoms with Gasteiger partial charge in [-0.25, -0.2) is 0 Å². The number of carbonyl (C=O) groups is 2. The minimum Gasteiger partial charge on any atom is -0.490 e. The fraction of sp³-hybridized carbons (Fsp3) is 0.435. The average Bonchev–Trinajstić information content (AvgIpc) is 3.10. The van der Waals surface area contributed by atoms with Gasteiger partial charge in [0, 0.05) is 18.8 Å². The van der Waals surface area contributed by atoms with Crippen molar-refractivity contribution in [2.24, 2.45) is 16.6 Å². The van der Waals surface area contributed by atoms with Crippen molar-refractivity contribution in [1.82, 2.24) is 10.2 Å². The molecule has 1 aromatic rings. The smallest absolute Gasteiger partial charge is 0.270 e. The quantitative estimate of drug-likeness (QED) is 0.254. The maximum Gasteiger partial charge on any atom is 0.270 e. The van der Waals surface area contributed by atoms with Crippen molar-refractivity contribution in [1.29, 1.82) is 0 Å². The molecule has 0 saturated carbocycles. The van der Waals surface area contributed by atoms with Crippen LogP contribution < -0.4 is 20.5 Å². The van der Waals surface area contributed by atoms with Gasteiger partial charge in [-0.3, -0.25) is 9.59 Å². The van der Waals surface area contributed by atoms with Gasteiger partial charge in [-0.2, -0.15) is 4.99 Å². The SMILES string of the molecule is CCOc1ccccc1OC1=CC(=O)N([C@@H](CC(C)C)C(=O)N=C(N)/C=C\NCCO)C1. The van der Waals surface area contributed by atoms with Gasteiger partial charge < -0.3 is 30.5 Å². The number of amides is 2. The average molecular weight is 445 g/mol. The summed E-state index contributed by atoms with van der Waals surface area (Å²) < 4.78 is 11.5. The van der Waals surface area contributed by atoms with Crippen LogP contribution in [-0.2, 0) is 9.59 Å². The molecular formula is C23H32N4O5. The second-order valence-corrected chi connectivity index (χ2v) is 7.59. The molecule has 0 fully saturated rings.